The number of carbonyl (C=O) groups excluding carboxylic acids is 1. The van der Waals surface area contributed by atoms with E-state index in [1.807, 2.05) is 39.1 Å². The number of carbonyl (C=O) groups is 1. The molecule has 1 fully saturated rings. The van der Waals surface area contributed by atoms with Crippen LogP contribution >= 0.6 is 12.4 Å². The Morgan fingerprint density at radius 2 is 1.95 bits per heavy atom. The van der Waals surface area contributed by atoms with Gasteiger partial charge in [-0.05, 0) is 50.8 Å². The molecule has 0 spiro atoms. The van der Waals surface area contributed by atoms with Gasteiger partial charge in [0.15, 0.2) is 0 Å². The summed E-state index contributed by atoms with van der Waals surface area (Å²) in [6.07, 6.45) is 2.48. The quantitative estimate of drug-likeness (QED) is 0.848. The molecule has 1 aromatic carbocycles. The number of hydrogen-bond acceptors (Lipinski definition) is 3. The molecule has 0 bridgehead atoms. The minimum atomic E-state index is 0. The van der Waals surface area contributed by atoms with Gasteiger partial charge in [0.1, 0.15) is 0 Å². The lowest BCUT2D eigenvalue weighted by Gasteiger charge is -2.26. The van der Waals surface area contributed by atoms with Crippen molar-refractivity contribution in [2.45, 2.75) is 32.7 Å². The predicted molar refractivity (Wildman–Crippen MR) is 90.0 cm³/mol. The molecule has 0 aliphatic heterocycles. The Morgan fingerprint density at radius 1 is 1.38 bits per heavy atom. The molecular formula is C16H26ClN3O. The second-order valence-corrected chi connectivity index (χ2v) is 5.87. The second kappa shape index (κ2) is 7.78. The number of nitrogens with one attached hydrogen (secondary N) is 1. The van der Waals surface area contributed by atoms with Gasteiger partial charge in [-0.15, -0.1) is 12.4 Å². The van der Waals surface area contributed by atoms with Crippen molar-refractivity contribution in [3.8, 4) is 0 Å². The third-order valence-electron chi connectivity index (χ3n) is 4.11. The Kier molecular flexibility index (Phi) is 6.65. The summed E-state index contributed by atoms with van der Waals surface area (Å²) in [7, 11) is 1.99. The molecule has 0 radical (unpaired) electrons. The van der Waals surface area contributed by atoms with E-state index in [0.717, 1.165) is 16.8 Å². The zero-order valence-corrected chi connectivity index (χ0v) is 13.9. The normalized spacial score (nSPS) is 15.5. The molecule has 0 saturated heterocycles. The standard InChI is InChI=1S/C16H25N3O.ClH/c1-11-5-4-6-12(2)16(11)18-15(20)10-19(3)14(9-17)13-7-8-13;/h4-6,13-14H,7-10,17H2,1-3H3,(H,18,20);1H. The first-order valence-corrected chi connectivity index (χ1v) is 7.29. The lowest BCUT2D eigenvalue weighted by atomic mass is 10.1. The Hall–Kier alpha value is -1.10. The van der Waals surface area contributed by atoms with E-state index in [-0.39, 0.29) is 18.3 Å². The van der Waals surface area contributed by atoms with E-state index in [1.165, 1.54) is 12.8 Å². The molecule has 118 valence electrons. The van der Waals surface area contributed by atoms with Crippen LogP contribution in [0.25, 0.3) is 0 Å². The van der Waals surface area contributed by atoms with E-state index < -0.39 is 0 Å². The Morgan fingerprint density at radius 3 is 2.43 bits per heavy atom. The molecule has 3 N–H and O–H groups in total. The maximum Gasteiger partial charge on any atom is 0.238 e. The van der Waals surface area contributed by atoms with Crippen molar-refractivity contribution in [3.05, 3.63) is 29.3 Å². The van der Waals surface area contributed by atoms with Gasteiger partial charge in [0.25, 0.3) is 0 Å². The molecule has 1 saturated carbocycles. The maximum absolute atomic E-state index is 12.2. The number of halogens is 1. The molecule has 1 amide bonds. The van der Waals surface area contributed by atoms with Crippen molar-refractivity contribution in [2.24, 2.45) is 11.7 Å². The van der Waals surface area contributed by atoms with E-state index in [9.17, 15) is 4.79 Å². The fourth-order valence-corrected chi connectivity index (χ4v) is 2.75. The predicted octanol–water partition coefficient (Wildman–Crippen LogP) is 2.33. The molecule has 1 aliphatic carbocycles. The van der Waals surface area contributed by atoms with Crippen LogP contribution in [0, 0.1) is 19.8 Å². The molecule has 2 rings (SSSR count). The largest absolute Gasteiger partial charge is 0.329 e. The molecule has 0 heterocycles. The zero-order valence-electron chi connectivity index (χ0n) is 13.1. The SMILES string of the molecule is Cc1cccc(C)c1NC(=O)CN(C)C(CN)C1CC1.Cl. The average molecular weight is 312 g/mol. The minimum Gasteiger partial charge on any atom is -0.329 e. The highest BCUT2D eigenvalue weighted by Gasteiger charge is 2.33. The van der Waals surface area contributed by atoms with Gasteiger partial charge in [0.05, 0.1) is 6.54 Å². The molecule has 4 nitrogen and oxygen atoms in total. The minimum absolute atomic E-state index is 0. The van der Waals surface area contributed by atoms with Crippen LogP contribution in [0.1, 0.15) is 24.0 Å². The maximum atomic E-state index is 12.2. The highest BCUT2D eigenvalue weighted by Crippen LogP contribution is 2.34. The van der Waals surface area contributed by atoms with Crippen molar-refractivity contribution in [2.75, 3.05) is 25.5 Å². The number of hydrogen-bond donors (Lipinski definition) is 2. The summed E-state index contributed by atoms with van der Waals surface area (Å²) in [6, 6.07) is 6.36. The molecule has 1 aromatic rings. The molecule has 21 heavy (non-hydrogen) atoms. The number of rotatable bonds is 6. The summed E-state index contributed by atoms with van der Waals surface area (Å²) < 4.78 is 0. The summed E-state index contributed by atoms with van der Waals surface area (Å²) in [5.74, 6) is 0.710. The Balaban J connectivity index is 0.00000220. The summed E-state index contributed by atoms with van der Waals surface area (Å²) in [4.78, 5) is 14.3. The van der Waals surface area contributed by atoms with Crippen LogP contribution in [0.4, 0.5) is 5.69 Å². The van der Waals surface area contributed by atoms with Crippen molar-refractivity contribution < 1.29 is 4.79 Å². The number of nitrogens with two attached hydrogens (primary N) is 1. The Labute approximate surface area is 133 Å². The van der Waals surface area contributed by atoms with Gasteiger partial charge in [-0.25, -0.2) is 0 Å². The number of para-hydroxylation sites is 1. The van der Waals surface area contributed by atoms with E-state index in [4.69, 9.17) is 5.73 Å². The first kappa shape index (κ1) is 18.0. The van der Waals surface area contributed by atoms with Gasteiger partial charge in [-0.2, -0.15) is 0 Å². The summed E-state index contributed by atoms with van der Waals surface area (Å²) in [5.41, 5.74) is 8.94. The number of aryl methyl sites for hydroxylation is 2. The van der Waals surface area contributed by atoms with Gasteiger partial charge >= 0.3 is 0 Å². The first-order valence-electron chi connectivity index (χ1n) is 7.29. The van der Waals surface area contributed by atoms with Crippen LogP contribution < -0.4 is 11.1 Å². The van der Waals surface area contributed by atoms with Gasteiger partial charge in [-0.3, -0.25) is 9.69 Å². The van der Waals surface area contributed by atoms with Gasteiger partial charge < -0.3 is 11.1 Å². The lowest BCUT2D eigenvalue weighted by Crippen LogP contribution is -2.43. The first-order chi connectivity index (χ1) is 9.52. The van der Waals surface area contributed by atoms with Gasteiger partial charge in [0, 0.05) is 18.3 Å². The van der Waals surface area contributed by atoms with Crippen LogP contribution in [-0.4, -0.2) is 37.0 Å². The molecule has 0 aromatic heterocycles. The number of benzene rings is 1. The van der Waals surface area contributed by atoms with E-state index in [1.54, 1.807) is 0 Å². The summed E-state index contributed by atoms with van der Waals surface area (Å²) >= 11 is 0. The lowest BCUT2D eigenvalue weighted by molar-refractivity contribution is -0.117. The molecule has 1 unspecified atom stereocenters. The Bertz CT molecular complexity index is 468. The summed E-state index contributed by atoms with van der Waals surface area (Å²) in [5, 5.41) is 3.03. The van der Waals surface area contributed by atoms with E-state index in [2.05, 4.69) is 10.2 Å². The molecule has 5 heteroatoms. The zero-order chi connectivity index (χ0) is 14.7. The van der Waals surface area contributed by atoms with Crippen LogP contribution in [-0.2, 0) is 4.79 Å². The van der Waals surface area contributed by atoms with Crippen LogP contribution in [0.3, 0.4) is 0 Å². The number of anilines is 1. The van der Waals surface area contributed by atoms with E-state index in [0.29, 0.717) is 25.0 Å². The number of nitrogens with zero attached hydrogens (tertiary/aromatic N) is 1. The molecule has 1 atom stereocenters. The number of amides is 1. The highest BCUT2D eigenvalue weighted by atomic mass is 35.5. The summed E-state index contributed by atoms with van der Waals surface area (Å²) in [6.45, 7) is 5.04. The molecule has 1 aliphatic rings. The van der Waals surface area contributed by atoms with E-state index >= 15 is 0 Å². The van der Waals surface area contributed by atoms with Crippen LogP contribution in [0.15, 0.2) is 18.2 Å². The topological polar surface area (TPSA) is 58.4 Å². The van der Waals surface area contributed by atoms with Crippen molar-refractivity contribution >= 4 is 24.0 Å². The fourth-order valence-electron chi connectivity index (χ4n) is 2.75. The van der Waals surface area contributed by atoms with Crippen LogP contribution in [0.5, 0.6) is 0 Å². The molecular weight excluding hydrogens is 286 g/mol. The van der Waals surface area contributed by atoms with Crippen LogP contribution in [0.2, 0.25) is 0 Å². The average Bonchev–Trinajstić information content (AvgIpc) is 3.19. The highest BCUT2D eigenvalue weighted by molar-refractivity contribution is 5.93. The van der Waals surface area contributed by atoms with Gasteiger partial charge in [0.2, 0.25) is 5.91 Å². The second-order valence-electron chi connectivity index (χ2n) is 5.87. The third-order valence-corrected chi connectivity index (χ3v) is 4.11. The smallest absolute Gasteiger partial charge is 0.238 e. The third kappa shape index (κ3) is 4.70. The van der Waals surface area contributed by atoms with Crippen molar-refractivity contribution in [1.29, 1.82) is 0 Å². The number of likely N-dealkylation sites (N-methyl/N-ethyl adjacent to an activating group) is 1. The van der Waals surface area contributed by atoms with Gasteiger partial charge in [-0.1, -0.05) is 18.2 Å². The fraction of sp³-hybridized carbons (Fsp3) is 0.562. The monoisotopic (exact) mass is 311 g/mol. The van der Waals surface area contributed by atoms with Crippen molar-refractivity contribution in [3.63, 3.8) is 0 Å². The van der Waals surface area contributed by atoms with Crippen molar-refractivity contribution in [1.82, 2.24) is 4.90 Å².